The van der Waals surface area contributed by atoms with Gasteiger partial charge in [0, 0.05) is 33.3 Å². The average Bonchev–Trinajstić information content (AvgIpc) is 3.93. The first-order valence-electron chi connectivity index (χ1n) is 26.5. The van der Waals surface area contributed by atoms with Gasteiger partial charge in [-0.1, -0.05) is 185 Å². The molecule has 0 radical (unpaired) electrons. The summed E-state index contributed by atoms with van der Waals surface area (Å²) in [6.07, 6.45) is 6.96. The first-order chi connectivity index (χ1) is 34.7. The fourth-order valence-corrected chi connectivity index (χ4v) is 16.2. The zero-order valence-electron chi connectivity index (χ0n) is 41.3. The normalized spacial score (nSPS) is 22.6. The fraction of sp³-hybridized carbons (Fsp3) is 0.229. The molecule has 7 aliphatic rings. The molecule has 0 atom stereocenters. The first kappa shape index (κ1) is 41.6. The molecular weight excluding hydrogens is 855 g/mol. The van der Waals surface area contributed by atoms with Crippen LogP contribution in [0.3, 0.4) is 0 Å². The van der Waals surface area contributed by atoms with E-state index < -0.39 is 0 Å². The van der Waals surface area contributed by atoms with Gasteiger partial charge < -0.3 is 4.90 Å². The zero-order valence-corrected chi connectivity index (χ0v) is 41.3. The van der Waals surface area contributed by atoms with Gasteiger partial charge in [-0.25, -0.2) is 0 Å². The molecule has 7 aliphatic carbocycles. The largest absolute Gasteiger partial charge is 0.310 e. The van der Waals surface area contributed by atoms with E-state index in [1.165, 1.54) is 138 Å². The standard InChI is InChI=1S/C70H59N/c1-68(2)62-21-10-7-16-55(62)58-34-28-47(41-65(58)68)45-24-29-50(30-25-45)71(52-33-35-59-56-17-9-12-23-64(56)70(66(59)42-52)48-37-43-36-44(39-48)40-49(70)38-43)51-31-26-46(27-32-51)53-14-5-6-15-54(53)60-19-13-20-61-57-18-8-11-22-63(57)69(3,4)67(60)61/h5-35,41-44,48-49H,36-40H2,1-4H3. The van der Waals surface area contributed by atoms with Crippen molar-refractivity contribution >= 4 is 17.1 Å². The Hall–Kier alpha value is -7.22. The van der Waals surface area contributed by atoms with Crippen molar-refractivity contribution in [1.82, 2.24) is 0 Å². The molecule has 0 unspecified atom stereocenters. The lowest BCUT2D eigenvalue weighted by molar-refractivity contribution is -0.0399. The smallest absolute Gasteiger partial charge is 0.0465 e. The summed E-state index contributed by atoms with van der Waals surface area (Å²) in [5.74, 6) is 3.22. The Bertz CT molecular complexity index is 3630. The summed E-state index contributed by atoms with van der Waals surface area (Å²) in [4.78, 5) is 2.54. The van der Waals surface area contributed by atoms with E-state index in [1.54, 1.807) is 11.1 Å². The van der Waals surface area contributed by atoms with Crippen LogP contribution in [0.4, 0.5) is 17.1 Å². The van der Waals surface area contributed by atoms with Gasteiger partial charge in [0.15, 0.2) is 0 Å². The van der Waals surface area contributed by atoms with E-state index in [2.05, 4.69) is 233 Å². The molecule has 9 aromatic carbocycles. The molecule has 0 heterocycles. The van der Waals surface area contributed by atoms with Gasteiger partial charge in [0.25, 0.3) is 0 Å². The highest BCUT2D eigenvalue weighted by atomic mass is 15.1. The van der Waals surface area contributed by atoms with Crippen molar-refractivity contribution in [1.29, 1.82) is 0 Å². The third-order valence-electron chi connectivity index (χ3n) is 19.1. The molecule has 16 rings (SSSR count). The third kappa shape index (κ3) is 5.75. The van der Waals surface area contributed by atoms with Crippen molar-refractivity contribution in [3.05, 3.63) is 234 Å². The van der Waals surface area contributed by atoms with Gasteiger partial charge in [0.1, 0.15) is 0 Å². The molecule has 1 spiro atoms. The van der Waals surface area contributed by atoms with E-state index in [1.807, 2.05) is 0 Å². The van der Waals surface area contributed by atoms with Gasteiger partial charge in [0.2, 0.25) is 0 Å². The molecular formula is C70H59N. The summed E-state index contributed by atoms with van der Waals surface area (Å²) >= 11 is 0. The topological polar surface area (TPSA) is 3.24 Å². The van der Waals surface area contributed by atoms with E-state index in [4.69, 9.17) is 0 Å². The molecule has 0 saturated heterocycles. The SMILES string of the molecule is CC1(C)c2ccccc2-c2ccc(-c3ccc(N(c4ccc(-c5ccccc5-c5cccc6c5C(C)(C)c5ccccc5-6)cc4)c4ccc5c(c4)C4(c6ccccc6-5)C5CC6CC(C5)CC4C6)cc3)cc21. The molecule has 0 amide bonds. The minimum Gasteiger partial charge on any atom is -0.310 e. The van der Waals surface area contributed by atoms with Crippen LogP contribution in [0, 0.1) is 23.7 Å². The Labute approximate surface area is 419 Å². The molecule has 344 valence electrons. The van der Waals surface area contributed by atoms with Crippen molar-refractivity contribution in [3.63, 3.8) is 0 Å². The van der Waals surface area contributed by atoms with E-state index in [-0.39, 0.29) is 16.2 Å². The van der Waals surface area contributed by atoms with E-state index in [9.17, 15) is 0 Å². The van der Waals surface area contributed by atoms with Crippen molar-refractivity contribution < 1.29 is 0 Å². The van der Waals surface area contributed by atoms with E-state index >= 15 is 0 Å². The molecule has 71 heavy (non-hydrogen) atoms. The summed E-state index contributed by atoms with van der Waals surface area (Å²) in [6, 6.07) is 77.0. The van der Waals surface area contributed by atoms with Crippen LogP contribution in [0.25, 0.3) is 66.8 Å². The second-order valence-electron chi connectivity index (χ2n) is 23.3. The summed E-state index contributed by atoms with van der Waals surface area (Å²) < 4.78 is 0. The number of benzene rings is 9. The Balaban J connectivity index is 0.853. The van der Waals surface area contributed by atoms with Crippen LogP contribution in [0.1, 0.15) is 93.2 Å². The maximum Gasteiger partial charge on any atom is 0.0465 e. The van der Waals surface area contributed by atoms with Crippen LogP contribution >= 0.6 is 0 Å². The summed E-state index contributed by atoms with van der Waals surface area (Å²) in [5, 5.41) is 0. The van der Waals surface area contributed by atoms with Gasteiger partial charge in [-0.3, -0.25) is 0 Å². The van der Waals surface area contributed by atoms with Crippen LogP contribution in [0.5, 0.6) is 0 Å². The minimum absolute atomic E-state index is 0.0449. The molecule has 0 N–H and O–H groups in total. The highest BCUT2D eigenvalue weighted by Gasteiger charge is 2.61. The second kappa shape index (κ2) is 14.9. The van der Waals surface area contributed by atoms with Gasteiger partial charge >= 0.3 is 0 Å². The van der Waals surface area contributed by atoms with Crippen LogP contribution in [0.2, 0.25) is 0 Å². The minimum atomic E-state index is -0.106. The van der Waals surface area contributed by atoms with Crippen LogP contribution < -0.4 is 4.90 Å². The highest BCUT2D eigenvalue weighted by Crippen LogP contribution is 2.70. The maximum atomic E-state index is 2.64. The lowest BCUT2D eigenvalue weighted by atomic mass is 9.43. The number of hydrogen-bond acceptors (Lipinski definition) is 1. The average molecular weight is 914 g/mol. The Kier molecular flexibility index (Phi) is 8.72. The first-order valence-corrected chi connectivity index (χ1v) is 26.5. The molecule has 9 aromatic rings. The molecule has 4 saturated carbocycles. The summed E-state index contributed by atoms with van der Waals surface area (Å²) in [6.45, 7) is 9.55. The monoisotopic (exact) mass is 913 g/mol. The summed E-state index contributed by atoms with van der Waals surface area (Å²) in [5.41, 5.74) is 28.3. The number of anilines is 3. The van der Waals surface area contributed by atoms with Crippen LogP contribution in [-0.4, -0.2) is 0 Å². The molecule has 0 aromatic heterocycles. The predicted molar refractivity (Wildman–Crippen MR) is 296 cm³/mol. The Morgan fingerprint density at radius 3 is 1.39 bits per heavy atom. The quantitative estimate of drug-likeness (QED) is 0.161. The lowest BCUT2D eigenvalue weighted by Gasteiger charge is -2.61. The number of hydrogen-bond donors (Lipinski definition) is 0. The van der Waals surface area contributed by atoms with Gasteiger partial charge in [-0.2, -0.15) is 0 Å². The number of fused-ring (bicyclic) bond motifs is 9. The van der Waals surface area contributed by atoms with Crippen LogP contribution in [0.15, 0.2) is 200 Å². The van der Waals surface area contributed by atoms with Gasteiger partial charge in [0.05, 0.1) is 0 Å². The Morgan fingerprint density at radius 2 is 0.746 bits per heavy atom. The van der Waals surface area contributed by atoms with Crippen LogP contribution in [-0.2, 0) is 16.2 Å². The molecule has 0 aliphatic heterocycles. The molecule has 1 heteroatoms. The maximum absolute atomic E-state index is 2.64. The van der Waals surface area contributed by atoms with E-state index in [0.717, 1.165) is 11.8 Å². The van der Waals surface area contributed by atoms with Crippen molar-refractivity contribution in [2.24, 2.45) is 23.7 Å². The van der Waals surface area contributed by atoms with E-state index in [0.29, 0.717) is 11.8 Å². The number of nitrogens with zero attached hydrogens (tertiary/aromatic N) is 1. The van der Waals surface area contributed by atoms with Crippen molar-refractivity contribution in [2.75, 3.05) is 4.90 Å². The highest BCUT2D eigenvalue weighted by molar-refractivity contribution is 5.94. The van der Waals surface area contributed by atoms with Crippen molar-refractivity contribution in [2.45, 2.75) is 76.0 Å². The molecule has 1 nitrogen and oxygen atoms in total. The molecule has 4 fully saturated rings. The third-order valence-corrected chi connectivity index (χ3v) is 19.1. The Morgan fingerprint density at radius 1 is 0.310 bits per heavy atom. The van der Waals surface area contributed by atoms with Gasteiger partial charge in [-0.15, -0.1) is 0 Å². The van der Waals surface area contributed by atoms with Gasteiger partial charge in [-0.05, 0) is 198 Å². The fourth-order valence-electron chi connectivity index (χ4n) is 16.2. The summed E-state index contributed by atoms with van der Waals surface area (Å²) in [7, 11) is 0. The van der Waals surface area contributed by atoms with Crippen molar-refractivity contribution in [3.8, 4) is 66.8 Å². The number of rotatable bonds is 6. The predicted octanol–water partition coefficient (Wildman–Crippen LogP) is 18.5. The lowest BCUT2D eigenvalue weighted by Crippen LogP contribution is -2.55. The zero-order chi connectivity index (χ0) is 47.4. The second-order valence-corrected chi connectivity index (χ2v) is 23.3. The molecule has 4 bridgehead atoms.